The number of halogens is 1. The first-order chi connectivity index (χ1) is 14.9. The lowest BCUT2D eigenvalue weighted by molar-refractivity contribution is -0.136. The normalized spacial score (nSPS) is 25.6. The van der Waals surface area contributed by atoms with Crippen LogP contribution in [0.5, 0.6) is 0 Å². The van der Waals surface area contributed by atoms with Crippen molar-refractivity contribution in [2.45, 2.75) is 39.5 Å². The fourth-order valence-electron chi connectivity index (χ4n) is 5.13. The molecule has 4 nitrogen and oxygen atoms in total. The summed E-state index contributed by atoms with van der Waals surface area (Å²) in [6.45, 7) is 5.45. The van der Waals surface area contributed by atoms with Gasteiger partial charge in [-0.15, -0.1) is 0 Å². The maximum atomic E-state index is 13.7. The Bertz CT molecular complexity index is 984. The van der Waals surface area contributed by atoms with Crippen LogP contribution in [-0.4, -0.2) is 29.6 Å². The van der Waals surface area contributed by atoms with Crippen molar-refractivity contribution in [1.29, 1.82) is 0 Å². The fraction of sp³-hybridized carbons (Fsp3) is 0.423. The van der Waals surface area contributed by atoms with E-state index in [9.17, 15) is 9.59 Å². The summed E-state index contributed by atoms with van der Waals surface area (Å²) in [6.07, 6.45) is 5.85. The Balaban J connectivity index is 1.71. The van der Waals surface area contributed by atoms with Crippen LogP contribution in [0, 0.1) is 17.3 Å². The van der Waals surface area contributed by atoms with E-state index in [2.05, 4.69) is 29.8 Å². The van der Waals surface area contributed by atoms with Crippen LogP contribution in [-0.2, 0) is 16.0 Å². The monoisotopic (exact) mass is 436 g/mol. The van der Waals surface area contributed by atoms with Crippen molar-refractivity contribution in [2.75, 3.05) is 18.0 Å². The predicted octanol–water partition coefficient (Wildman–Crippen LogP) is 5.30. The number of Topliss-reactive ketones (excluding diaryl/α,β-unsaturated/α-hetero) is 2. The summed E-state index contributed by atoms with van der Waals surface area (Å²) in [6, 6.07) is 13.5. The second-order valence-corrected chi connectivity index (χ2v) is 9.65. The van der Waals surface area contributed by atoms with Gasteiger partial charge in [0.05, 0.1) is 5.41 Å². The Morgan fingerprint density at radius 3 is 2.61 bits per heavy atom. The van der Waals surface area contributed by atoms with E-state index in [1.807, 2.05) is 42.5 Å². The van der Waals surface area contributed by atoms with Crippen LogP contribution in [0.1, 0.15) is 38.7 Å². The number of hydrogen-bond donors (Lipinski definition) is 0. The van der Waals surface area contributed by atoms with Crippen molar-refractivity contribution in [1.82, 2.24) is 4.98 Å². The number of ketones is 2. The van der Waals surface area contributed by atoms with Gasteiger partial charge in [0.25, 0.3) is 0 Å². The number of rotatable bonds is 4. The molecular weight excluding hydrogens is 408 g/mol. The zero-order valence-corrected chi connectivity index (χ0v) is 18.9. The molecule has 2 atom stereocenters. The molecule has 0 radical (unpaired) electrons. The summed E-state index contributed by atoms with van der Waals surface area (Å²) < 4.78 is 0. The minimum Gasteiger partial charge on any atom is -0.356 e. The van der Waals surface area contributed by atoms with E-state index >= 15 is 0 Å². The Morgan fingerprint density at radius 1 is 1.16 bits per heavy atom. The van der Waals surface area contributed by atoms with Crippen LogP contribution in [0.25, 0.3) is 0 Å². The Morgan fingerprint density at radius 2 is 1.94 bits per heavy atom. The number of carbonyl (C=O) groups is 2. The van der Waals surface area contributed by atoms with Crippen LogP contribution in [0.4, 0.5) is 5.82 Å². The molecule has 0 bridgehead atoms. The number of nitrogens with zero attached hydrogens (tertiary/aromatic N) is 2. The number of aromatic nitrogens is 1. The summed E-state index contributed by atoms with van der Waals surface area (Å²) in [5.74, 6) is 1.21. The van der Waals surface area contributed by atoms with Gasteiger partial charge in [-0.1, -0.05) is 55.3 Å². The summed E-state index contributed by atoms with van der Waals surface area (Å²) in [7, 11) is 0. The molecule has 5 heteroatoms. The van der Waals surface area contributed by atoms with Crippen LogP contribution in [0.3, 0.4) is 0 Å². The van der Waals surface area contributed by atoms with Crippen molar-refractivity contribution < 1.29 is 9.59 Å². The molecule has 2 fully saturated rings. The SMILES string of the molecule is CC(C)/C=C1\CC(=O)C(Cc2ccc(Cl)cc2)[C@@]2(CCN(c3ccccn3)C2)C(=O)C1. The third-order valence-electron chi connectivity index (χ3n) is 6.60. The van der Waals surface area contributed by atoms with Gasteiger partial charge in [-0.2, -0.15) is 0 Å². The zero-order valence-electron chi connectivity index (χ0n) is 18.2. The van der Waals surface area contributed by atoms with Gasteiger partial charge >= 0.3 is 0 Å². The van der Waals surface area contributed by atoms with Crippen LogP contribution >= 0.6 is 11.6 Å². The molecule has 4 rings (SSSR count). The van der Waals surface area contributed by atoms with Gasteiger partial charge in [0.2, 0.25) is 0 Å². The highest BCUT2D eigenvalue weighted by Gasteiger charge is 2.53. The number of pyridine rings is 1. The van der Waals surface area contributed by atoms with E-state index in [-0.39, 0.29) is 17.5 Å². The molecule has 2 aromatic rings. The van der Waals surface area contributed by atoms with E-state index in [0.717, 1.165) is 23.5 Å². The Hall–Kier alpha value is -2.46. The molecule has 2 aliphatic rings. The van der Waals surface area contributed by atoms with Crippen molar-refractivity contribution in [3.05, 3.63) is 70.9 Å². The molecule has 31 heavy (non-hydrogen) atoms. The number of hydrogen-bond acceptors (Lipinski definition) is 4. The van der Waals surface area contributed by atoms with Crippen molar-refractivity contribution in [3.8, 4) is 0 Å². The van der Waals surface area contributed by atoms with Gasteiger partial charge < -0.3 is 4.90 Å². The second kappa shape index (κ2) is 8.96. The van der Waals surface area contributed by atoms with Crippen LogP contribution in [0.15, 0.2) is 60.3 Å². The highest BCUT2D eigenvalue weighted by molar-refractivity contribution is 6.30. The van der Waals surface area contributed by atoms with Gasteiger partial charge in [0, 0.05) is 43.1 Å². The largest absolute Gasteiger partial charge is 0.356 e. The second-order valence-electron chi connectivity index (χ2n) is 9.21. The molecule has 1 saturated carbocycles. The third-order valence-corrected chi connectivity index (χ3v) is 6.85. The average Bonchev–Trinajstić information content (AvgIpc) is 3.16. The van der Waals surface area contributed by atoms with E-state index in [1.165, 1.54) is 0 Å². The Kier molecular flexibility index (Phi) is 6.29. The molecule has 0 amide bonds. The quantitative estimate of drug-likeness (QED) is 0.610. The smallest absolute Gasteiger partial charge is 0.145 e. The van der Waals surface area contributed by atoms with E-state index in [0.29, 0.717) is 43.2 Å². The maximum Gasteiger partial charge on any atom is 0.145 e. The summed E-state index contributed by atoms with van der Waals surface area (Å²) in [4.78, 5) is 34.0. The molecular formula is C26H29ClN2O2. The summed E-state index contributed by atoms with van der Waals surface area (Å²) in [5.41, 5.74) is 1.34. The van der Waals surface area contributed by atoms with Crippen LogP contribution in [0.2, 0.25) is 5.02 Å². The van der Waals surface area contributed by atoms with Gasteiger partial charge in [0.1, 0.15) is 17.4 Å². The van der Waals surface area contributed by atoms with Crippen LogP contribution < -0.4 is 4.90 Å². The summed E-state index contributed by atoms with van der Waals surface area (Å²) in [5, 5.41) is 0.672. The van der Waals surface area contributed by atoms with Gasteiger partial charge in [-0.05, 0) is 48.6 Å². The molecule has 1 aromatic carbocycles. The molecule has 1 saturated heterocycles. The lowest BCUT2D eigenvalue weighted by Crippen LogP contribution is -2.44. The van der Waals surface area contributed by atoms with Crippen molar-refractivity contribution in [2.24, 2.45) is 17.3 Å². The average molecular weight is 437 g/mol. The lowest BCUT2D eigenvalue weighted by Gasteiger charge is -2.34. The number of carbonyl (C=O) groups excluding carboxylic acids is 2. The third kappa shape index (κ3) is 4.59. The molecule has 162 valence electrons. The van der Waals surface area contributed by atoms with Gasteiger partial charge in [0.15, 0.2) is 0 Å². The number of allylic oxidation sites excluding steroid dienone is 2. The maximum absolute atomic E-state index is 13.7. The minimum atomic E-state index is -0.680. The first-order valence-corrected chi connectivity index (χ1v) is 11.4. The molecule has 0 N–H and O–H groups in total. The molecule has 1 aromatic heterocycles. The Labute approximate surface area is 189 Å². The predicted molar refractivity (Wildman–Crippen MR) is 124 cm³/mol. The highest BCUT2D eigenvalue weighted by atomic mass is 35.5. The molecule has 1 aliphatic carbocycles. The van der Waals surface area contributed by atoms with Crippen molar-refractivity contribution >= 4 is 29.0 Å². The van der Waals surface area contributed by atoms with Crippen molar-refractivity contribution in [3.63, 3.8) is 0 Å². The van der Waals surface area contributed by atoms with E-state index in [1.54, 1.807) is 6.20 Å². The molecule has 1 spiro atoms. The zero-order chi connectivity index (χ0) is 22.0. The lowest BCUT2D eigenvalue weighted by atomic mass is 9.67. The fourth-order valence-corrected chi connectivity index (χ4v) is 5.26. The van der Waals surface area contributed by atoms with Gasteiger partial charge in [-0.25, -0.2) is 4.98 Å². The van der Waals surface area contributed by atoms with E-state index in [4.69, 9.17) is 11.6 Å². The highest BCUT2D eigenvalue weighted by Crippen LogP contribution is 2.46. The number of anilines is 1. The minimum absolute atomic E-state index is 0.176. The molecule has 1 aliphatic heterocycles. The summed E-state index contributed by atoms with van der Waals surface area (Å²) >= 11 is 6.07. The first-order valence-electron chi connectivity index (χ1n) is 11.0. The molecule has 2 heterocycles. The molecule has 1 unspecified atom stereocenters. The standard InChI is InChI=1S/C26H29ClN2O2/c1-18(2)13-20-15-23(30)22(14-19-6-8-21(27)9-7-19)26(24(31)16-20)10-12-29(17-26)25-5-3-4-11-28-25/h3-9,11,13,18,22H,10,12,14-17H2,1-2H3/b20-13+/t22?,26-/m0/s1. The number of benzene rings is 1. The first kappa shape index (κ1) is 21.8. The topological polar surface area (TPSA) is 50.3 Å². The van der Waals surface area contributed by atoms with Gasteiger partial charge in [-0.3, -0.25) is 9.59 Å². The van der Waals surface area contributed by atoms with E-state index < -0.39 is 5.41 Å².